The Morgan fingerprint density at radius 1 is 1.38 bits per heavy atom. The largest absolute Gasteiger partial charge is 0.309 e. The number of hydrogen-bond donors (Lipinski definition) is 0. The van der Waals surface area contributed by atoms with Crippen molar-refractivity contribution in [2.45, 2.75) is 19.3 Å². The van der Waals surface area contributed by atoms with E-state index in [2.05, 4.69) is 0 Å². The molecule has 2 aliphatic rings. The molecule has 2 heterocycles. The molecule has 4 nitrogen and oxygen atoms in total. The molecule has 0 bridgehead atoms. The van der Waals surface area contributed by atoms with Crippen molar-refractivity contribution in [2.75, 3.05) is 23.0 Å². The van der Waals surface area contributed by atoms with E-state index >= 15 is 0 Å². The van der Waals surface area contributed by atoms with Crippen LogP contribution in [0, 0.1) is 11.7 Å². The van der Waals surface area contributed by atoms with Crippen molar-refractivity contribution in [3.05, 3.63) is 28.5 Å². The summed E-state index contributed by atoms with van der Waals surface area (Å²) in [5.41, 5.74) is 0.973. The number of nitrogens with zero attached hydrogens (tertiary/aromatic N) is 1. The number of anilines is 1. The van der Waals surface area contributed by atoms with Crippen molar-refractivity contribution in [2.24, 2.45) is 5.92 Å². The van der Waals surface area contributed by atoms with Gasteiger partial charge < -0.3 is 4.90 Å². The van der Waals surface area contributed by atoms with Crippen LogP contribution in [-0.2, 0) is 21.1 Å². The highest BCUT2D eigenvalue weighted by atomic mass is 35.5. The van der Waals surface area contributed by atoms with Crippen LogP contribution in [0.1, 0.15) is 18.4 Å². The molecule has 0 radical (unpaired) electrons. The molecule has 0 N–H and O–H groups in total. The van der Waals surface area contributed by atoms with Gasteiger partial charge in [0, 0.05) is 11.6 Å². The van der Waals surface area contributed by atoms with E-state index in [0.29, 0.717) is 30.0 Å². The van der Waals surface area contributed by atoms with E-state index in [-0.39, 0.29) is 23.1 Å². The number of carbonyl (C=O) groups excluding carboxylic acids is 1. The van der Waals surface area contributed by atoms with Crippen LogP contribution in [0.15, 0.2) is 12.1 Å². The maximum absolute atomic E-state index is 14.2. The Hall–Kier alpha value is -1.14. The second kappa shape index (κ2) is 5.25. The van der Waals surface area contributed by atoms with Crippen molar-refractivity contribution in [1.82, 2.24) is 0 Å². The molecule has 7 heteroatoms. The lowest BCUT2D eigenvalue weighted by atomic mass is 9.98. The quantitative estimate of drug-likeness (QED) is 0.792. The monoisotopic (exact) mass is 331 g/mol. The van der Waals surface area contributed by atoms with E-state index in [9.17, 15) is 17.6 Å². The third-order valence-electron chi connectivity index (χ3n) is 4.05. The smallest absolute Gasteiger partial charge is 0.231 e. The van der Waals surface area contributed by atoms with Crippen LogP contribution in [0.5, 0.6) is 0 Å². The molecular weight excluding hydrogens is 317 g/mol. The van der Waals surface area contributed by atoms with Crippen LogP contribution >= 0.6 is 11.6 Å². The van der Waals surface area contributed by atoms with E-state index in [1.807, 2.05) is 0 Å². The van der Waals surface area contributed by atoms with Gasteiger partial charge in [0.25, 0.3) is 0 Å². The molecule has 2 aliphatic heterocycles. The molecule has 1 fully saturated rings. The molecule has 1 aromatic rings. The average molecular weight is 332 g/mol. The number of carbonyl (C=O) groups is 1. The van der Waals surface area contributed by atoms with Gasteiger partial charge in [-0.2, -0.15) is 0 Å². The highest BCUT2D eigenvalue weighted by Gasteiger charge is 2.37. The predicted molar refractivity (Wildman–Crippen MR) is 78.8 cm³/mol. The van der Waals surface area contributed by atoms with Gasteiger partial charge in [-0.25, -0.2) is 12.8 Å². The summed E-state index contributed by atoms with van der Waals surface area (Å²) in [5, 5.41) is 0.309. The fourth-order valence-electron chi connectivity index (χ4n) is 3.08. The van der Waals surface area contributed by atoms with Crippen LogP contribution in [0.4, 0.5) is 10.1 Å². The van der Waals surface area contributed by atoms with E-state index in [1.165, 1.54) is 11.0 Å². The molecule has 0 spiro atoms. The molecule has 21 heavy (non-hydrogen) atoms. The average Bonchev–Trinajstić information content (AvgIpc) is 2.77. The first-order chi connectivity index (χ1) is 9.87. The van der Waals surface area contributed by atoms with Crippen molar-refractivity contribution in [3.8, 4) is 0 Å². The Balaban J connectivity index is 1.94. The zero-order chi connectivity index (χ0) is 15.2. The number of rotatable bonds is 1. The highest BCUT2D eigenvalue weighted by Crippen LogP contribution is 2.34. The van der Waals surface area contributed by atoms with E-state index in [4.69, 9.17) is 11.6 Å². The number of sulfone groups is 1. The lowest BCUT2D eigenvalue weighted by Gasteiger charge is -2.31. The number of halogens is 2. The van der Waals surface area contributed by atoms with Gasteiger partial charge in [0.1, 0.15) is 5.82 Å². The summed E-state index contributed by atoms with van der Waals surface area (Å²) in [6.07, 6.45) is 1.71. The highest BCUT2D eigenvalue weighted by molar-refractivity contribution is 7.91. The van der Waals surface area contributed by atoms with Gasteiger partial charge in [-0.15, -0.1) is 0 Å². The lowest BCUT2D eigenvalue weighted by Crippen LogP contribution is -2.40. The fourth-order valence-corrected chi connectivity index (χ4v) is 5.04. The third kappa shape index (κ3) is 2.79. The first kappa shape index (κ1) is 14.8. The van der Waals surface area contributed by atoms with Crippen LogP contribution < -0.4 is 4.90 Å². The zero-order valence-corrected chi connectivity index (χ0v) is 12.9. The molecule has 1 aromatic carbocycles. The minimum absolute atomic E-state index is 0.0349. The van der Waals surface area contributed by atoms with Gasteiger partial charge in [0.15, 0.2) is 9.84 Å². The van der Waals surface area contributed by atoms with Crippen molar-refractivity contribution < 1.29 is 17.6 Å². The summed E-state index contributed by atoms with van der Waals surface area (Å²) in [6.45, 7) is 0.418. The van der Waals surface area contributed by atoms with Crippen LogP contribution in [-0.4, -0.2) is 32.4 Å². The fraction of sp³-hybridized carbons (Fsp3) is 0.500. The van der Waals surface area contributed by atoms with Crippen LogP contribution in [0.2, 0.25) is 5.02 Å². The topological polar surface area (TPSA) is 54.5 Å². The van der Waals surface area contributed by atoms with Gasteiger partial charge in [-0.05, 0) is 37.0 Å². The molecule has 1 atom stereocenters. The second-order valence-electron chi connectivity index (χ2n) is 5.59. The van der Waals surface area contributed by atoms with Gasteiger partial charge in [0.05, 0.1) is 23.1 Å². The molecule has 0 aromatic heterocycles. The van der Waals surface area contributed by atoms with E-state index in [0.717, 1.165) is 6.42 Å². The van der Waals surface area contributed by atoms with Gasteiger partial charge >= 0.3 is 0 Å². The summed E-state index contributed by atoms with van der Waals surface area (Å²) in [4.78, 5) is 13.9. The normalized spacial score (nSPS) is 23.9. The molecule has 1 saturated heterocycles. The van der Waals surface area contributed by atoms with E-state index in [1.54, 1.807) is 6.07 Å². The first-order valence-electron chi connectivity index (χ1n) is 6.87. The molecule has 0 unspecified atom stereocenters. The van der Waals surface area contributed by atoms with E-state index < -0.39 is 21.6 Å². The van der Waals surface area contributed by atoms with Crippen LogP contribution in [0.3, 0.4) is 0 Å². The van der Waals surface area contributed by atoms with Crippen molar-refractivity contribution in [3.63, 3.8) is 0 Å². The minimum Gasteiger partial charge on any atom is -0.309 e. The SMILES string of the molecule is O=C([C@@H]1CCS(=O)(=O)C1)N1CCCc2cc(Cl)cc(F)c21. The molecule has 0 aliphatic carbocycles. The first-order valence-corrected chi connectivity index (χ1v) is 9.07. The Labute approximate surface area is 127 Å². The maximum atomic E-state index is 14.2. The number of amides is 1. The zero-order valence-electron chi connectivity index (χ0n) is 11.3. The Kier molecular flexibility index (Phi) is 3.69. The molecule has 1 amide bonds. The standard InChI is InChI=1S/C14H15ClFNO3S/c15-11-6-9-2-1-4-17(13(9)12(16)7-11)14(18)10-3-5-21(19,20)8-10/h6-7,10H,1-5,8H2/t10-/m1/s1. The molecular formula is C14H15ClFNO3S. The maximum Gasteiger partial charge on any atom is 0.231 e. The summed E-state index contributed by atoms with van der Waals surface area (Å²) >= 11 is 5.85. The molecule has 114 valence electrons. The summed E-state index contributed by atoms with van der Waals surface area (Å²) in [6, 6.07) is 2.86. The molecule has 3 rings (SSSR count). The number of hydrogen-bond acceptors (Lipinski definition) is 3. The Bertz CT molecular complexity index is 704. The second-order valence-corrected chi connectivity index (χ2v) is 8.25. The Morgan fingerprint density at radius 2 is 2.14 bits per heavy atom. The van der Waals surface area contributed by atoms with Crippen LogP contribution in [0.25, 0.3) is 0 Å². The lowest BCUT2D eigenvalue weighted by molar-refractivity contribution is -0.121. The summed E-state index contributed by atoms with van der Waals surface area (Å²) in [7, 11) is -3.14. The number of benzene rings is 1. The minimum atomic E-state index is -3.14. The Morgan fingerprint density at radius 3 is 2.81 bits per heavy atom. The molecule has 0 saturated carbocycles. The van der Waals surface area contributed by atoms with Crippen molar-refractivity contribution in [1.29, 1.82) is 0 Å². The third-order valence-corrected chi connectivity index (χ3v) is 6.04. The van der Waals surface area contributed by atoms with Gasteiger partial charge in [0.2, 0.25) is 5.91 Å². The number of aryl methyl sites for hydroxylation is 1. The van der Waals surface area contributed by atoms with Crippen molar-refractivity contribution >= 4 is 33.0 Å². The summed E-state index contributed by atoms with van der Waals surface area (Å²) in [5.74, 6) is -1.47. The number of fused-ring (bicyclic) bond motifs is 1. The van der Waals surface area contributed by atoms with Gasteiger partial charge in [-0.1, -0.05) is 11.6 Å². The van der Waals surface area contributed by atoms with Gasteiger partial charge in [-0.3, -0.25) is 4.79 Å². The predicted octanol–water partition coefficient (Wildman–Crippen LogP) is 2.19. The summed E-state index contributed by atoms with van der Waals surface area (Å²) < 4.78 is 37.2.